The number of para-hydroxylation sites is 1. The molecule has 1 heterocycles. The topological polar surface area (TPSA) is 77.2 Å². The van der Waals surface area contributed by atoms with Gasteiger partial charge in [0.25, 0.3) is 5.91 Å². The van der Waals surface area contributed by atoms with Crippen molar-refractivity contribution in [1.29, 1.82) is 0 Å². The molecule has 0 aliphatic heterocycles. The van der Waals surface area contributed by atoms with Gasteiger partial charge in [-0.05, 0) is 48.9 Å². The van der Waals surface area contributed by atoms with Gasteiger partial charge >= 0.3 is 0 Å². The molecule has 0 radical (unpaired) electrons. The predicted molar refractivity (Wildman–Crippen MR) is 113 cm³/mol. The summed E-state index contributed by atoms with van der Waals surface area (Å²) in [6.07, 6.45) is 0. The molecule has 1 atom stereocenters. The van der Waals surface area contributed by atoms with Gasteiger partial charge in [-0.3, -0.25) is 4.79 Å². The van der Waals surface area contributed by atoms with Gasteiger partial charge in [0.15, 0.2) is 0 Å². The van der Waals surface area contributed by atoms with Crippen LogP contribution >= 0.6 is 0 Å². The van der Waals surface area contributed by atoms with Crippen LogP contribution in [0.2, 0.25) is 0 Å². The van der Waals surface area contributed by atoms with Gasteiger partial charge in [-0.1, -0.05) is 42.5 Å². The van der Waals surface area contributed by atoms with Gasteiger partial charge in [-0.15, -0.1) is 10.2 Å². The molecule has 1 aromatic heterocycles. The third-order valence-corrected chi connectivity index (χ3v) is 4.62. The monoisotopic (exact) mass is 417 g/mol. The minimum atomic E-state index is -0.771. The van der Waals surface area contributed by atoms with Crippen molar-refractivity contribution in [2.24, 2.45) is 0 Å². The maximum atomic E-state index is 13.5. The standard InChI is InChI=1S/C24H20FN3O3/c1-2-30-20-11-7-6-10-19(20)22(29)26-21(16-12-14-18(25)15-13-16)24-28-27-23(31-24)17-8-4-3-5-9-17/h3-15,21H,2H2,1H3,(H,26,29). The van der Waals surface area contributed by atoms with Crippen LogP contribution in [0.15, 0.2) is 83.3 Å². The van der Waals surface area contributed by atoms with E-state index in [4.69, 9.17) is 9.15 Å². The molecule has 0 aliphatic carbocycles. The predicted octanol–water partition coefficient (Wildman–Crippen LogP) is 4.79. The Morgan fingerprint density at radius 3 is 2.45 bits per heavy atom. The molecule has 0 fully saturated rings. The first kappa shape index (κ1) is 20.3. The lowest BCUT2D eigenvalue weighted by Crippen LogP contribution is -2.30. The molecule has 4 aromatic rings. The van der Waals surface area contributed by atoms with Gasteiger partial charge in [0, 0.05) is 5.56 Å². The quantitative estimate of drug-likeness (QED) is 0.468. The van der Waals surface area contributed by atoms with Crippen LogP contribution < -0.4 is 10.1 Å². The first-order chi connectivity index (χ1) is 15.2. The van der Waals surface area contributed by atoms with Crippen molar-refractivity contribution in [2.45, 2.75) is 13.0 Å². The zero-order chi connectivity index (χ0) is 21.6. The summed E-state index contributed by atoms with van der Waals surface area (Å²) in [4.78, 5) is 13.1. The molecule has 6 nitrogen and oxygen atoms in total. The van der Waals surface area contributed by atoms with E-state index in [2.05, 4.69) is 15.5 Å². The summed E-state index contributed by atoms with van der Waals surface area (Å²) in [6, 6.07) is 21.3. The number of carbonyl (C=O) groups excluding carboxylic acids is 1. The molecule has 7 heteroatoms. The number of rotatable bonds is 7. The molecule has 1 N–H and O–H groups in total. The maximum Gasteiger partial charge on any atom is 0.255 e. The largest absolute Gasteiger partial charge is 0.493 e. The average Bonchev–Trinajstić information content (AvgIpc) is 3.29. The number of ether oxygens (including phenoxy) is 1. The van der Waals surface area contributed by atoms with Crippen LogP contribution in [0, 0.1) is 5.82 Å². The van der Waals surface area contributed by atoms with Crippen LogP contribution in [0.1, 0.15) is 34.8 Å². The van der Waals surface area contributed by atoms with Crippen molar-refractivity contribution in [3.63, 3.8) is 0 Å². The lowest BCUT2D eigenvalue weighted by Gasteiger charge is -2.17. The van der Waals surface area contributed by atoms with Crippen molar-refractivity contribution in [2.75, 3.05) is 6.61 Å². The van der Waals surface area contributed by atoms with Crippen LogP contribution in [0.3, 0.4) is 0 Å². The summed E-state index contributed by atoms with van der Waals surface area (Å²) in [5.41, 5.74) is 1.73. The van der Waals surface area contributed by atoms with Gasteiger partial charge in [0.05, 0.1) is 12.2 Å². The van der Waals surface area contributed by atoms with Gasteiger partial charge in [-0.25, -0.2) is 4.39 Å². The minimum Gasteiger partial charge on any atom is -0.493 e. The number of carbonyl (C=O) groups is 1. The molecule has 31 heavy (non-hydrogen) atoms. The van der Waals surface area contributed by atoms with Crippen molar-refractivity contribution < 1.29 is 18.3 Å². The second-order valence-electron chi connectivity index (χ2n) is 6.70. The second-order valence-corrected chi connectivity index (χ2v) is 6.70. The third kappa shape index (κ3) is 4.61. The van der Waals surface area contributed by atoms with Gasteiger partial charge in [0.1, 0.15) is 17.6 Å². The summed E-state index contributed by atoms with van der Waals surface area (Å²) in [5, 5.41) is 11.2. The molecule has 0 spiro atoms. The van der Waals surface area contributed by atoms with Crippen LogP contribution in [-0.2, 0) is 0 Å². The van der Waals surface area contributed by atoms with Crippen molar-refractivity contribution >= 4 is 5.91 Å². The maximum absolute atomic E-state index is 13.5. The van der Waals surface area contributed by atoms with E-state index >= 15 is 0 Å². The van der Waals surface area contributed by atoms with Gasteiger partial charge in [0.2, 0.25) is 11.8 Å². The summed E-state index contributed by atoms with van der Waals surface area (Å²) in [6.45, 7) is 2.27. The van der Waals surface area contributed by atoms with E-state index in [1.54, 1.807) is 36.4 Å². The normalized spacial score (nSPS) is 11.7. The Bertz CT molecular complexity index is 1160. The van der Waals surface area contributed by atoms with E-state index in [1.165, 1.54) is 12.1 Å². The van der Waals surface area contributed by atoms with Crippen molar-refractivity contribution in [1.82, 2.24) is 15.5 Å². The third-order valence-electron chi connectivity index (χ3n) is 4.62. The first-order valence-corrected chi connectivity index (χ1v) is 9.82. The number of nitrogens with zero attached hydrogens (tertiary/aromatic N) is 2. The molecule has 4 rings (SSSR count). The summed E-state index contributed by atoms with van der Waals surface area (Å²) < 4.78 is 24.9. The molecule has 0 saturated carbocycles. The fourth-order valence-electron chi connectivity index (χ4n) is 3.14. The van der Waals surface area contributed by atoms with Gasteiger partial charge in [-0.2, -0.15) is 0 Å². The highest BCUT2D eigenvalue weighted by Crippen LogP contribution is 2.27. The Morgan fingerprint density at radius 1 is 1.00 bits per heavy atom. The summed E-state index contributed by atoms with van der Waals surface area (Å²) in [5.74, 6) is 0.221. The number of halogens is 1. The van der Waals surface area contributed by atoms with E-state index in [-0.39, 0.29) is 17.6 Å². The van der Waals surface area contributed by atoms with E-state index in [0.717, 1.165) is 5.56 Å². The number of amides is 1. The molecule has 3 aromatic carbocycles. The molecule has 156 valence electrons. The van der Waals surface area contributed by atoms with Crippen LogP contribution in [0.4, 0.5) is 4.39 Å². The van der Waals surface area contributed by atoms with E-state index in [9.17, 15) is 9.18 Å². The zero-order valence-electron chi connectivity index (χ0n) is 16.8. The van der Waals surface area contributed by atoms with E-state index < -0.39 is 6.04 Å². The molecule has 0 saturated heterocycles. The van der Waals surface area contributed by atoms with E-state index in [1.807, 2.05) is 37.3 Å². The highest BCUT2D eigenvalue weighted by atomic mass is 19.1. The molecule has 0 bridgehead atoms. The van der Waals surface area contributed by atoms with Crippen molar-refractivity contribution in [3.05, 3.63) is 102 Å². The lowest BCUT2D eigenvalue weighted by molar-refractivity contribution is 0.0934. The molecule has 1 unspecified atom stereocenters. The van der Waals surface area contributed by atoms with Crippen LogP contribution in [0.25, 0.3) is 11.5 Å². The van der Waals surface area contributed by atoms with Crippen LogP contribution in [-0.4, -0.2) is 22.7 Å². The van der Waals surface area contributed by atoms with Gasteiger partial charge < -0.3 is 14.5 Å². The minimum absolute atomic E-state index is 0.188. The smallest absolute Gasteiger partial charge is 0.255 e. The highest BCUT2D eigenvalue weighted by Gasteiger charge is 2.25. The lowest BCUT2D eigenvalue weighted by atomic mass is 10.1. The van der Waals surface area contributed by atoms with Crippen LogP contribution in [0.5, 0.6) is 5.75 Å². The SMILES string of the molecule is CCOc1ccccc1C(=O)NC(c1ccc(F)cc1)c1nnc(-c2ccccc2)o1. The number of aromatic nitrogens is 2. The molecular formula is C24H20FN3O3. The number of hydrogen-bond acceptors (Lipinski definition) is 5. The number of hydrogen-bond donors (Lipinski definition) is 1. The fourth-order valence-corrected chi connectivity index (χ4v) is 3.14. The Kier molecular flexibility index (Phi) is 6.03. The molecule has 0 aliphatic rings. The number of benzene rings is 3. The first-order valence-electron chi connectivity index (χ1n) is 9.82. The highest BCUT2D eigenvalue weighted by molar-refractivity contribution is 5.97. The van der Waals surface area contributed by atoms with E-state index in [0.29, 0.717) is 29.4 Å². The Morgan fingerprint density at radius 2 is 1.71 bits per heavy atom. The average molecular weight is 417 g/mol. The molecular weight excluding hydrogens is 397 g/mol. The summed E-state index contributed by atoms with van der Waals surface area (Å²) >= 11 is 0. The summed E-state index contributed by atoms with van der Waals surface area (Å²) in [7, 11) is 0. The second kappa shape index (κ2) is 9.21. The Labute approximate surface area is 178 Å². The Hall–Kier alpha value is -4.00. The van der Waals surface area contributed by atoms with Crippen molar-refractivity contribution in [3.8, 4) is 17.2 Å². The molecule has 1 amide bonds. The Balaban J connectivity index is 1.68. The fraction of sp³-hybridized carbons (Fsp3) is 0.125. The number of nitrogens with one attached hydrogen (secondary N) is 1. The zero-order valence-corrected chi connectivity index (χ0v) is 16.8.